The third kappa shape index (κ3) is 5.91. The maximum atomic E-state index is 12.6. The first-order chi connectivity index (χ1) is 21.7. The molecule has 0 radical (unpaired) electrons. The lowest BCUT2D eigenvalue weighted by Crippen LogP contribution is -2.65. The number of hydrogen-bond acceptors (Lipinski definition) is 10. The zero-order chi connectivity index (χ0) is 33.1. The molecule has 0 N–H and O–H groups in total. The van der Waals surface area contributed by atoms with Crippen molar-refractivity contribution in [2.75, 3.05) is 7.11 Å². The second-order valence-electron chi connectivity index (χ2n) is 16.4. The number of fused-ring (bicyclic) bond motifs is 5. The van der Waals surface area contributed by atoms with Crippen LogP contribution in [0.2, 0.25) is 0 Å². The summed E-state index contributed by atoms with van der Waals surface area (Å²) in [4.78, 5) is 61.7. The van der Waals surface area contributed by atoms with Gasteiger partial charge in [0.05, 0.1) is 7.11 Å². The van der Waals surface area contributed by atoms with Gasteiger partial charge >= 0.3 is 17.9 Å². The van der Waals surface area contributed by atoms with E-state index in [1.807, 2.05) is 0 Å². The molecule has 10 atom stereocenters. The molecule has 0 amide bonds. The topological polar surface area (TPSA) is 116 Å². The Labute approximate surface area is 274 Å². The van der Waals surface area contributed by atoms with Gasteiger partial charge in [0.2, 0.25) is 11.6 Å². The molecule has 6 rings (SSSR count). The molecule has 0 bridgehead atoms. The summed E-state index contributed by atoms with van der Waals surface area (Å²) in [7, 11) is 1.43. The number of carbonyl (C=O) groups excluding carboxylic acids is 3. The van der Waals surface area contributed by atoms with Crippen LogP contribution < -0.4 is 0 Å². The van der Waals surface area contributed by atoms with E-state index < -0.39 is 11.6 Å². The number of methoxy groups -OCH3 is 1. The maximum absolute atomic E-state index is 12.6. The molecule has 46 heavy (non-hydrogen) atoms. The van der Waals surface area contributed by atoms with Crippen LogP contribution in [0.15, 0.2) is 0 Å². The van der Waals surface area contributed by atoms with Gasteiger partial charge in [0.1, 0.15) is 12.2 Å². The van der Waals surface area contributed by atoms with E-state index in [-0.39, 0.29) is 76.5 Å². The highest BCUT2D eigenvalue weighted by molar-refractivity contribution is 5.69. The first-order valence-electron chi connectivity index (χ1n) is 17.9. The molecule has 0 aromatic carbocycles. The van der Waals surface area contributed by atoms with Gasteiger partial charge in [-0.2, -0.15) is 19.6 Å². The molecular weight excluding hydrogens is 592 g/mol. The summed E-state index contributed by atoms with van der Waals surface area (Å²) < 4.78 is 17.5. The van der Waals surface area contributed by atoms with Crippen molar-refractivity contribution in [2.45, 2.75) is 149 Å². The van der Waals surface area contributed by atoms with Crippen LogP contribution in [0.5, 0.6) is 0 Å². The Balaban J connectivity index is 1.27. The molecule has 2 spiro atoms. The molecule has 6 aliphatic rings. The summed E-state index contributed by atoms with van der Waals surface area (Å²) in [5.74, 6) is -0.792. The molecule has 1 aliphatic heterocycles. The summed E-state index contributed by atoms with van der Waals surface area (Å²) in [6.07, 6.45) is 9.45. The average molecular weight is 649 g/mol. The van der Waals surface area contributed by atoms with Crippen molar-refractivity contribution < 1.29 is 48.1 Å². The van der Waals surface area contributed by atoms with Crippen LogP contribution >= 0.6 is 0 Å². The minimum absolute atomic E-state index is 0.108. The summed E-state index contributed by atoms with van der Waals surface area (Å²) in [5.41, 5.74) is -0.411. The van der Waals surface area contributed by atoms with E-state index in [1.54, 1.807) is 0 Å². The first kappa shape index (κ1) is 34.1. The lowest BCUT2D eigenvalue weighted by atomic mass is 9.42. The molecule has 0 aromatic rings. The van der Waals surface area contributed by atoms with Gasteiger partial charge < -0.3 is 14.2 Å². The third-order valence-electron chi connectivity index (χ3n) is 13.9. The number of ether oxygens (including phenoxy) is 3. The second kappa shape index (κ2) is 12.6. The SMILES string of the molecule is COC(=O)CCC(C)C1CC[C@H]2[C@@H]3[C@H](OC(C)=O)C[C@@H]4CC5(CC[C@]4(C)[C@H]3C[C@H](OC(C)=O)[C@]12C)OOC1(CCC(C)CC1)OO5. The van der Waals surface area contributed by atoms with Gasteiger partial charge in [0.15, 0.2) is 0 Å². The van der Waals surface area contributed by atoms with Crippen molar-refractivity contribution in [1.29, 1.82) is 0 Å². The smallest absolute Gasteiger partial charge is 0.305 e. The molecule has 260 valence electrons. The van der Waals surface area contributed by atoms with E-state index in [2.05, 4.69) is 27.7 Å². The van der Waals surface area contributed by atoms with Crippen molar-refractivity contribution in [3.63, 3.8) is 0 Å². The van der Waals surface area contributed by atoms with Crippen LogP contribution in [0.4, 0.5) is 0 Å². The van der Waals surface area contributed by atoms with Crippen molar-refractivity contribution in [3.05, 3.63) is 0 Å². The molecule has 5 aliphatic carbocycles. The molecule has 10 heteroatoms. The zero-order valence-electron chi connectivity index (χ0n) is 29.0. The quantitative estimate of drug-likeness (QED) is 0.172. The van der Waals surface area contributed by atoms with E-state index in [0.29, 0.717) is 38.0 Å². The van der Waals surface area contributed by atoms with Gasteiger partial charge in [-0.1, -0.05) is 27.7 Å². The molecular formula is C36H56O10. The number of rotatable bonds is 6. The van der Waals surface area contributed by atoms with Crippen molar-refractivity contribution in [2.24, 2.45) is 52.3 Å². The third-order valence-corrected chi connectivity index (χ3v) is 13.9. The van der Waals surface area contributed by atoms with E-state index >= 15 is 0 Å². The van der Waals surface area contributed by atoms with E-state index in [9.17, 15) is 14.4 Å². The fraction of sp³-hybridized carbons (Fsp3) is 0.917. The lowest BCUT2D eigenvalue weighted by molar-refractivity contribution is -0.665. The van der Waals surface area contributed by atoms with Crippen LogP contribution in [-0.2, 0) is 48.1 Å². The Morgan fingerprint density at radius 3 is 2.11 bits per heavy atom. The van der Waals surface area contributed by atoms with Crippen LogP contribution in [0.1, 0.15) is 125 Å². The molecule has 0 aromatic heterocycles. The van der Waals surface area contributed by atoms with Crippen LogP contribution in [0, 0.1) is 52.3 Å². The Morgan fingerprint density at radius 1 is 0.826 bits per heavy atom. The minimum atomic E-state index is -1.00. The normalized spacial score (nSPS) is 47.3. The minimum Gasteiger partial charge on any atom is -0.469 e. The highest BCUT2D eigenvalue weighted by atomic mass is 17.4. The highest BCUT2D eigenvalue weighted by Crippen LogP contribution is 2.70. The Bertz CT molecular complexity index is 1150. The molecule has 1 saturated heterocycles. The standard InChI is InChI=1S/C36H56O10/c1-21-12-14-35(15-13-21)43-45-36(46-44-35)17-16-33(5)25(20-36)18-29(41-23(3)37)32-27-10-9-26(22(2)8-11-31(39)40-7)34(27,6)30(19-28(32)33)42-24(4)38/h21-22,25-30,32H,8-20H2,1-7H3/t21?,22?,25-,26?,27+,28+,29-,30+,32+,33+,34-,35?,36?/m1/s1. The molecule has 2 unspecified atom stereocenters. The van der Waals surface area contributed by atoms with Crippen LogP contribution in [-0.4, -0.2) is 48.8 Å². The summed E-state index contributed by atoms with van der Waals surface area (Å²) >= 11 is 0. The summed E-state index contributed by atoms with van der Waals surface area (Å²) in [5, 5.41) is 0. The van der Waals surface area contributed by atoms with Gasteiger partial charge in [0.25, 0.3) is 0 Å². The highest BCUT2D eigenvalue weighted by Gasteiger charge is 2.69. The largest absolute Gasteiger partial charge is 0.469 e. The number of carbonyl (C=O) groups is 3. The van der Waals surface area contributed by atoms with Gasteiger partial charge in [-0.3, -0.25) is 14.4 Å². The first-order valence-corrected chi connectivity index (χ1v) is 17.9. The Hall–Kier alpha value is -1.75. The second-order valence-corrected chi connectivity index (χ2v) is 16.4. The van der Waals surface area contributed by atoms with Crippen LogP contribution in [0.25, 0.3) is 0 Å². The van der Waals surface area contributed by atoms with E-state index in [1.165, 1.54) is 21.0 Å². The predicted molar refractivity (Wildman–Crippen MR) is 165 cm³/mol. The predicted octanol–water partition coefficient (Wildman–Crippen LogP) is 6.83. The molecule has 1 heterocycles. The van der Waals surface area contributed by atoms with Gasteiger partial charge in [0, 0.05) is 57.3 Å². The maximum Gasteiger partial charge on any atom is 0.305 e. The lowest BCUT2D eigenvalue weighted by Gasteiger charge is -2.65. The summed E-state index contributed by atoms with van der Waals surface area (Å²) in [6, 6.07) is 0. The summed E-state index contributed by atoms with van der Waals surface area (Å²) in [6.45, 7) is 12.1. The fourth-order valence-corrected chi connectivity index (χ4v) is 11.3. The zero-order valence-corrected chi connectivity index (χ0v) is 29.0. The number of hydrogen-bond donors (Lipinski definition) is 0. The molecule has 6 fully saturated rings. The van der Waals surface area contributed by atoms with Crippen LogP contribution in [0.3, 0.4) is 0 Å². The van der Waals surface area contributed by atoms with Crippen molar-refractivity contribution >= 4 is 17.9 Å². The number of esters is 3. The van der Waals surface area contributed by atoms with Crippen molar-refractivity contribution in [1.82, 2.24) is 0 Å². The van der Waals surface area contributed by atoms with Crippen molar-refractivity contribution in [3.8, 4) is 0 Å². The molecule has 10 nitrogen and oxygen atoms in total. The van der Waals surface area contributed by atoms with E-state index in [4.69, 9.17) is 33.8 Å². The average Bonchev–Trinajstić information content (AvgIpc) is 3.37. The molecule has 5 saturated carbocycles. The fourth-order valence-electron chi connectivity index (χ4n) is 11.3. The van der Waals surface area contributed by atoms with Gasteiger partial charge in [-0.25, -0.2) is 0 Å². The van der Waals surface area contributed by atoms with E-state index in [0.717, 1.165) is 51.4 Å². The Morgan fingerprint density at radius 2 is 1.48 bits per heavy atom. The van der Waals surface area contributed by atoms with Gasteiger partial charge in [-0.15, -0.1) is 0 Å². The monoisotopic (exact) mass is 648 g/mol. The van der Waals surface area contributed by atoms with Gasteiger partial charge in [-0.05, 0) is 92.3 Å². The Kier molecular flexibility index (Phi) is 9.35.